The van der Waals surface area contributed by atoms with Crippen molar-refractivity contribution in [3.63, 3.8) is 0 Å². The molecule has 0 bridgehead atoms. The molecule has 20 heavy (non-hydrogen) atoms. The molecular formula is C16H16Cl2O2. The monoisotopic (exact) mass is 310 g/mol. The second-order valence-electron chi connectivity index (χ2n) is 4.30. The van der Waals surface area contributed by atoms with Crippen LogP contribution in [0.2, 0.25) is 5.02 Å². The van der Waals surface area contributed by atoms with Gasteiger partial charge in [0.05, 0.1) is 13.2 Å². The van der Waals surface area contributed by atoms with Crippen LogP contribution in [-0.2, 0) is 18.0 Å². The Hall–Kier alpha value is -1.22. The molecule has 2 aromatic rings. The van der Waals surface area contributed by atoms with Gasteiger partial charge in [0.25, 0.3) is 0 Å². The molecule has 2 nitrogen and oxygen atoms in total. The normalized spacial score (nSPS) is 10.5. The van der Waals surface area contributed by atoms with Gasteiger partial charge in [0.15, 0.2) is 0 Å². The fourth-order valence-corrected chi connectivity index (χ4v) is 1.91. The van der Waals surface area contributed by atoms with Crippen molar-refractivity contribution in [2.24, 2.45) is 0 Å². The number of hydrogen-bond acceptors (Lipinski definition) is 2. The van der Waals surface area contributed by atoms with E-state index in [9.17, 15) is 0 Å². The van der Waals surface area contributed by atoms with Gasteiger partial charge in [-0.1, -0.05) is 35.9 Å². The molecule has 0 aliphatic carbocycles. The smallest absolute Gasteiger partial charge is 0.119 e. The van der Waals surface area contributed by atoms with Gasteiger partial charge in [-0.05, 0) is 35.4 Å². The highest BCUT2D eigenvalue weighted by molar-refractivity contribution is 6.30. The molecule has 0 saturated carbocycles. The van der Waals surface area contributed by atoms with Crippen LogP contribution in [0.25, 0.3) is 0 Å². The lowest BCUT2D eigenvalue weighted by atomic mass is 10.2. The predicted octanol–water partition coefficient (Wildman–Crippen LogP) is 4.67. The predicted molar refractivity (Wildman–Crippen MR) is 82.6 cm³/mol. The Morgan fingerprint density at radius 1 is 0.800 bits per heavy atom. The van der Waals surface area contributed by atoms with Crippen LogP contribution >= 0.6 is 23.2 Å². The second kappa shape index (κ2) is 8.15. The van der Waals surface area contributed by atoms with Crippen LogP contribution in [0.4, 0.5) is 0 Å². The zero-order valence-corrected chi connectivity index (χ0v) is 12.5. The van der Waals surface area contributed by atoms with Crippen molar-refractivity contribution in [1.82, 2.24) is 0 Å². The maximum absolute atomic E-state index is 5.84. The molecule has 106 valence electrons. The van der Waals surface area contributed by atoms with E-state index in [2.05, 4.69) is 0 Å². The Balaban J connectivity index is 1.82. The summed E-state index contributed by atoms with van der Waals surface area (Å²) in [6.07, 6.45) is 0. The summed E-state index contributed by atoms with van der Waals surface area (Å²) >= 11 is 11.4. The topological polar surface area (TPSA) is 18.5 Å². The summed E-state index contributed by atoms with van der Waals surface area (Å²) in [5.74, 6) is 1.35. The number of halogens is 2. The molecular weight excluding hydrogens is 295 g/mol. The van der Waals surface area contributed by atoms with Crippen molar-refractivity contribution in [2.45, 2.75) is 13.2 Å². The van der Waals surface area contributed by atoms with Gasteiger partial charge in [0.2, 0.25) is 0 Å². The molecule has 0 radical (unpaired) electrons. The molecule has 0 aromatic heterocycles. The average molecular weight is 311 g/mol. The van der Waals surface area contributed by atoms with Crippen LogP contribution in [0.1, 0.15) is 11.1 Å². The van der Waals surface area contributed by atoms with Gasteiger partial charge in [-0.15, -0.1) is 11.6 Å². The van der Waals surface area contributed by atoms with E-state index in [1.807, 2.05) is 48.5 Å². The maximum Gasteiger partial charge on any atom is 0.119 e. The molecule has 0 atom stereocenters. The Bertz CT molecular complexity index is 509. The first kappa shape index (κ1) is 15.2. The number of ether oxygens (including phenoxy) is 2. The second-order valence-corrected chi connectivity index (χ2v) is 5.12. The lowest BCUT2D eigenvalue weighted by molar-refractivity contribution is 0.136. The van der Waals surface area contributed by atoms with Crippen molar-refractivity contribution in [3.05, 3.63) is 64.7 Å². The molecule has 0 heterocycles. The third-order valence-electron chi connectivity index (χ3n) is 2.73. The number of hydrogen-bond donors (Lipinski definition) is 0. The molecule has 2 rings (SSSR count). The first-order valence-electron chi connectivity index (χ1n) is 6.38. The van der Waals surface area contributed by atoms with E-state index in [4.69, 9.17) is 32.7 Å². The fourth-order valence-electron chi connectivity index (χ4n) is 1.67. The van der Waals surface area contributed by atoms with Gasteiger partial charge in [-0.25, -0.2) is 0 Å². The zero-order chi connectivity index (χ0) is 14.2. The van der Waals surface area contributed by atoms with E-state index in [-0.39, 0.29) is 0 Å². The van der Waals surface area contributed by atoms with Crippen molar-refractivity contribution in [2.75, 3.05) is 12.5 Å². The number of benzene rings is 2. The standard InChI is InChI=1S/C16H16Cl2O2/c17-9-10-19-11-13-3-7-16(8-4-13)20-12-14-1-5-15(18)6-2-14/h1-8H,9-12H2. The van der Waals surface area contributed by atoms with Gasteiger partial charge in [0.1, 0.15) is 12.4 Å². The van der Waals surface area contributed by atoms with Crippen molar-refractivity contribution >= 4 is 23.2 Å². The molecule has 0 aliphatic heterocycles. The van der Waals surface area contributed by atoms with Crippen molar-refractivity contribution in [1.29, 1.82) is 0 Å². The van der Waals surface area contributed by atoms with E-state index >= 15 is 0 Å². The van der Waals surface area contributed by atoms with E-state index in [0.29, 0.717) is 25.7 Å². The number of rotatable bonds is 7. The third-order valence-corrected chi connectivity index (χ3v) is 3.14. The molecule has 0 unspecified atom stereocenters. The molecule has 4 heteroatoms. The van der Waals surface area contributed by atoms with Gasteiger partial charge in [0, 0.05) is 10.9 Å². The summed E-state index contributed by atoms with van der Waals surface area (Å²) in [5, 5.41) is 0.732. The van der Waals surface area contributed by atoms with Crippen LogP contribution in [0.5, 0.6) is 5.75 Å². The van der Waals surface area contributed by atoms with Crippen LogP contribution < -0.4 is 4.74 Å². The first-order chi connectivity index (χ1) is 9.78. The zero-order valence-electron chi connectivity index (χ0n) is 11.0. The molecule has 2 aromatic carbocycles. The summed E-state index contributed by atoms with van der Waals surface area (Å²) in [4.78, 5) is 0. The SMILES string of the molecule is ClCCOCc1ccc(OCc2ccc(Cl)cc2)cc1. The maximum atomic E-state index is 5.84. The van der Waals surface area contributed by atoms with Crippen LogP contribution in [-0.4, -0.2) is 12.5 Å². The Morgan fingerprint density at radius 3 is 2.05 bits per heavy atom. The number of alkyl halides is 1. The van der Waals surface area contributed by atoms with E-state index in [1.54, 1.807) is 0 Å². The summed E-state index contributed by atoms with van der Waals surface area (Å²) < 4.78 is 11.1. The Morgan fingerprint density at radius 2 is 1.40 bits per heavy atom. The highest BCUT2D eigenvalue weighted by Gasteiger charge is 1.98. The summed E-state index contributed by atoms with van der Waals surface area (Å²) in [6, 6.07) is 15.5. The van der Waals surface area contributed by atoms with Crippen molar-refractivity contribution < 1.29 is 9.47 Å². The highest BCUT2D eigenvalue weighted by atomic mass is 35.5. The molecule has 0 N–H and O–H groups in total. The minimum absolute atomic E-state index is 0.516. The minimum atomic E-state index is 0.516. The first-order valence-corrected chi connectivity index (χ1v) is 7.29. The molecule has 0 aliphatic rings. The van der Waals surface area contributed by atoms with Gasteiger partial charge >= 0.3 is 0 Å². The molecule has 0 spiro atoms. The van der Waals surface area contributed by atoms with Gasteiger partial charge < -0.3 is 9.47 Å². The van der Waals surface area contributed by atoms with E-state index in [0.717, 1.165) is 21.9 Å². The molecule has 0 saturated heterocycles. The van der Waals surface area contributed by atoms with Crippen LogP contribution in [0.3, 0.4) is 0 Å². The fraction of sp³-hybridized carbons (Fsp3) is 0.250. The van der Waals surface area contributed by atoms with E-state index in [1.165, 1.54) is 0 Å². The van der Waals surface area contributed by atoms with Crippen molar-refractivity contribution in [3.8, 4) is 5.75 Å². The minimum Gasteiger partial charge on any atom is -0.489 e. The summed E-state index contributed by atoms with van der Waals surface area (Å²) in [6.45, 7) is 1.67. The third kappa shape index (κ3) is 5.04. The molecule has 0 amide bonds. The summed E-state index contributed by atoms with van der Waals surface area (Å²) in [7, 11) is 0. The highest BCUT2D eigenvalue weighted by Crippen LogP contribution is 2.16. The van der Waals surface area contributed by atoms with Crippen LogP contribution in [0.15, 0.2) is 48.5 Å². The lowest BCUT2D eigenvalue weighted by Gasteiger charge is -2.08. The lowest BCUT2D eigenvalue weighted by Crippen LogP contribution is -1.97. The quantitative estimate of drug-likeness (QED) is 0.546. The Kier molecular flexibility index (Phi) is 6.19. The largest absolute Gasteiger partial charge is 0.489 e. The summed E-state index contributed by atoms with van der Waals surface area (Å²) in [5.41, 5.74) is 2.19. The van der Waals surface area contributed by atoms with Crippen LogP contribution in [0, 0.1) is 0 Å². The molecule has 0 fully saturated rings. The Labute approximate surface area is 129 Å². The van der Waals surface area contributed by atoms with Gasteiger partial charge in [-0.3, -0.25) is 0 Å². The average Bonchev–Trinajstić information content (AvgIpc) is 2.48. The van der Waals surface area contributed by atoms with E-state index < -0.39 is 0 Å². The van der Waals surface area contributed by atoms with Gasteiger partial charge in [-0.2, -0.15) is 0 Å².